The van der Waals surface area contributed by atoms with Crippen LogP contribution in [0.5, 0.6) is 0 Å². The van der Waals surface area contributed by atoms with Gasteiger partial charge < -0.3 is 0 Å². The molecule has 4 nitrogen and oxygen atoms in total. The summed E-state index contributed by atoms with van der Waals surface area (Å²) in [6.45, 7) is 0. The zero-order valence-electron chi connectivity index (χ0n) is 4.43. The molecule has 0 bridgehead atoms. The van der Waals surface area contributed by atoms with Crippen molar-refractivity contribution in [2.24, 2.45) is 0 Å². The van der Waals surface area contributed by atoms with Gasteiger partial charge in [-0.2, -0.15) is 0 Å². The first-order valence-electron chi connectivity index (χ1n) is 2.33. The first-order chi connectivity index (χ1) is 4.29. The molecule has 0 aromatic rings. The van der Waals surface area contributed by atoms with Crippen molar-refractivity contribution < 1.29 is 37.8 Å². The molecule has 0 radical (unpaired) electrons. The Kier molecular flexibility index (Phi) is 2.26. The SMILES string of the molecule is O=C1CCC(=O)O[I-]O1. The number of hydrogen-bond acceptors (Lipinski definition) is 4. The third-order valence-corrected chi connectivity index (χ3v) is 2.11. The van der Waals surface area contributed by atoms with Crippen molar-refractivity contribution in [1.82, 2.24) is 0 Å². The van der Waals surface area contributed by atoms with Gasteiger partial charge in [-0.15, -0.1) is 0 Å². The predicted molar refractivity (Wildman–Crippen MR) is 21.4 cm³/mol. The fourth-order valence-corrected chi connectivity index (χ4v) is 1.30. The predicted octanol–water partition coefficient (Wildman–Crippen LogP) is -3.21. The van der Waals surface area contributed by atoms with Crippen LogP contribution in [-0.4, -0.2) is 11.9 Å². The van der Waals surface area contributed by atoms with E-state index in [0.29, 0.717) is 0 Å². The minimum atomic E-state index is -1.09. The van der Waals surface area contributed by atoms with Crippen molar-refractivity contribution in [2.45, 2.75) is 12.8 Å². The first kappa shape index (κ1) is 6.79. The summed E-state index contributed by atoms with van der Waals surface area (Å²) in [5.41, 5.74) is 0. The van der Waals surface area contributed by atoms with Crippen LogP contribution in [0.15, 0.2) is 0 Å². The molecule has 1 fully saturated rings. The van der Waals surface area contributed by atoms with E-state index in [1.54, 1.807) is 0 Å². The summed E-state index contributed by atoms with van der Waals surface area (Å²) in [6, 6.07) is 0. The molecule has 0 N–H and O–H groups in total. The van der Waals surface area contributed by atoms with Crippen molar-refractivity contribution in [3.8, 4) is 0 Å². The van der Waals surface area contributed by atoms with Crippen LogP contribution in [0, 0.1) is 0 Å². The Bertz CT molecular complexity index is 128. The fraction of sp³-hybridized carbons (Fsp3) is 0.500. The average Bonchev–Trinajstić information content (AvgIpc) is 1.97. The summed E-state index contributed by atoms with van der Waals surface area (Å²) in [7, 11) is 0. The van der Waals surface area contributed by atoms with Gasteiger partial charge in [-0.25, -0.2) is 0 Å². The van der Waals surface area contributed by atoms with E-state index in [1.807, 2.05) is 0 Å². The molecule has 0 unspecified atom stereocenters. The maximum absolute atomic E-state index is 10.4. The number of carbonyl (C=O) groups excluding carboxylic acids is 2. The van der Waals surface area contributed by atoms with E-state index in [4.69, 9.17) is 0 Å². The molecule has 52 valence electrons. The van der Waals surface area contributed by atoms with Gasteiger partial charge in [-0.1, -0.05) is 0 Å². The Hall–Kier alpha value is -0.330. The monoisotopic (exact) mass is 243 g/mol. The van der Waals surface area contributed by atoms with Gasteiger partial charge in [0.25, 0.3) is 0 Å². The Morgan fingerprint density at radius 2 is 1.56 bits per heavy atom. The summed E-state index contributed by atoms with van der Waals surface area (Å²) in [4.78, 5) is 20.8. The molecule has 1 heterocycles. The molecule has 0 saturated carbocycles. The number of rotatable bonds is 0. The molecule has 1 aliphatic rings. The third-order valence-electron chi connectivity index (χ3n) is 0.768. The van der Waals surface area contributed by atoms with Crippen molar-refractivity contribution in [3.63, 3.8) is 0 Å². The van der Waals surface area contributed by atoms with E-state index in [-0.39, 0.29) is 24.8 Å². The molecule has 0 amide bonds. The second kappa shape index (κ2) is 3.00. The Morgan fingerprint density at radius 1 is 1.11 bits per heavy atom. The molecule has 9 heavy (non-hydrogen) atoms. The van der Waals surface area contributed by atoms with Gasteiger partial charge in [-0.05, 0) is 0 Å². The summed E-state index contributed by atoms with van der Waals surface area (Å²) in [5, 5.41) is 0. The van der Waals surface area contributed by atoms with Crippen LogP contribution in [0.4, 0.5) is 0 Å². The van der Waals surface area contributed by atoms with Gasteiger partial charge in [0.1, 0.15) is 0 Å². The second-order valence-electron chi connectivity index (χ2n) is 1.46. The van der Waals surface area contributed by atoms with Crippen molar-refractivity contribution in [2.75, 3.05) is 0 Å². The molecule has 0 atom stereocenters. The van der Waals surface area contributed by atoms with Gasteiger partial charge >= 0.3 is 62.5 Å². The van der Waals surface area contributed by atoms with Crippen LogP contribution < -0.4 is 22.0 Å². The second-order valence-corrected chi connectivity index (χ2v) is 2.70. The average molecular weight is 243 g/mol. The van der Waals surface area contributed by atoms with Gasteiger partial charge in [0.2, 0.25) is 0 Å². The topological polar surface area (TPSA) is 52.6 Å². The van der Waals surface area contributed by atoms with Gasteiger partial charge in [0.05, 0.1) is 0 Å². The number of carbonyl (C=O) groups is 2. The van der Waals surface area contributed by atoms with Gasteiger partial charge in [0.15, 0.2) is 0 Å². The van der Waals surface area contributed by atoms with Crippen LogP contribution in [0.2, 0.25) is 0 Å². The molecule has 1 saturated heterocycles. The zero-order chi connectivity index (χ0) is 6.69. The standard InChI is InChI=1S/C4H4IO4/c6-3-1-2-4(7)9-5-8-3/h1-2H2/q-1. The van der Waals surface area contributed by atoms with Crippen LogP contribution in [0.1, 0.15) is 12.8 Å². The molecule has 0 aromatic heterocycles. The Morgan fingerprint density at radius 3 is 2.00 bits per heavy atom. The van der Waals surface area contributed by atoms with E-state index in [2.05, 4.69) is 6.13 Å². The summed E-state index contributed by atoms with van der Waals surface area (Å²) in [5.74, 6) is -0.651. The van der Waals surface area contributed by atoms with E-state index in [1.165, 1.54) is 0 Å². The van der Waals surface area contributed by atoms with E-state index in [0.717, 1.165) is 0 Å². The normalized spacial score (nSPS) is 20.9. The van der Waals surface area contributed by atoms with E-state index in [9.17, 15) is 9.59 Å². The van der Waals surface area contributed by atoms with Crippen molar-refractivity contribution in [3.05, 3.63) is 0 Å². The summed E-state index contributed by atoms with van der Waals surface area (Å²) >= 11 is -1.09. The quantitative estimate of drug-likeness (QED) is 0.420. The third kappa shape index (κ3) is 2.17. The van der Waals surface area contributed by atoms with Crippen LogP contribution in [0.25, 0.3) is 0 Å². The number of halogens is 1. The summed E-state index contributed by atoms with van der Waals surface area (Å²) in [6.07, 6.45) is 0.330. The molecule has 0 aromatic carbocycles. The van der Waals surface area contributed by atoms with Crippen LogP contribution >= 0.6 is 0 Å². The number of hydrogen-bond donors (Lipinski definition) is 0. The van der Waals surface area contributed by atoms with Crippen molar-refractivity contribution in [1.29, 1.82) is 0 Å². The Balaban J connectivity index is 2.43. The molecule has 1 rings (SSSR count). The fourth-order valence-electron chi connectivity index (χ4n) is 0.367. The van der Waals surface area contributed by atoms with Crippen LogP contribution in [-0.2, 0) is 15.7 Å². The van der Waals surface area contributed by atoms with Crippen molar-refractivity contribution >= 4 is 11.9 Å². The molecular weight excluding hydrogens is 239 g/mol. The summed E-state index contributed by atoms with van der Waals surface area (Å²) < 4.78 is 9.00. The zero-order valence-corrected chi connectivity index (χ0v) is 6.58. The van der Waals surface area contributed by atoms with E-state index < -0.39 is 22.0 Å². The molecule has 0 spiro atoms. The minimum absolute atomic E-state index is 0.165. The Labute approximate surface area is 62.9 Å². The van der Waals surface area contributed by atoms with E-state index >= 15 is 0 Å². The molecule has 5 heteroatoms. The molecular formula is C4H4IO4-. The van der Waals surface area contributed by atoms with Crippen LogP contribution in [0.3, 0.4) is 0 Å². The van der Waals surface area contributed by atoms with Gasteiger partial charge in [-0.3, -0.25) is 0 Å². The molecule has 1 aliphatic heterocycles. The maximum atomic E-state index is 10.4. The van der Waals surface area contributed by atoms with Gasteiger partial charge in [0, 0.05) is 0 Å². The molecule has 0 aliphatic carbocycles. The first-order valence-corrected chi connectivity index (χ1v) is 4.09.